The van der Waals surface area contributed by atoms with Gasteiger partial charge in [-0.2, -0.15) is 0 Å². The first-order chi connectivity index (χ1) is 29.7. The van der Waals surface area contributed by atoms with Gasteiger partial charge in [-0.1, -0.05) is 133 Å². The normalized spacial score (nSPS) is 12.8. The van der Waals surface area contributed by atoms with Crippen LogP contribution < -0.4 is 9.80 Å². The number of hydrogen-bond donors (Lipinski definition) is 0. The van der Waals surface area contributed by atoms with Crippen LogP contribution >= 0.6 is 0 Å². The molecule has 10 aromatic rings. The molecule has 1 aromatic heterocycles. The van der Waals surface area contributed by atoms with Gasteiger partial charge in [-0.3, -0.25) is 0 Å². The van der Waals surface area contributed by atoms with E-state index in [0.29, 0.717) is 0 Å². The highest BCUT2D eigenvalue weighted by Gasteiger charge is 2.29. The summed E-state index contributed by atoms with van der Waals surface area (Å²) in [5, 5.41) is 6.25. The molecule has 0 spiro atoms. The van der Waals surface area contributed by atoms with Crippen molar-refractivity contribution in [2.24, 2.45) is 0 Å². The van der Waals surface area contributed by atoms with Gasteiger partial charge in [0.15, 0.2) is 5.76 Å². The van der Waals surface area contributed by atoms with Crippen LogP contribution in [0.3, 0.4) is 0 Å². The zero-order valence-corrected chi connectivity index (χ0v) is 32.9. The molecule has 0 N–H and O–H groups in total. The van der Waals surface area contributed by atoms with Crippen LogP contribution in [0.5, 0.6) is 0 Å². The number of anilines is 6. The molecule has 60 heavy (non-hydrogen) atoms. The molecule has 2 aliphatic rings. The second kappa shape index (κ2) is 13.9. The minimum atomic E-state index is 0.805. The fourth-order valence-corrected chi connectivity index (χ4v) is 9.58. The lowest BCUT2D eigenvalue weighted by Crippen LogP contribution is -2.19. The van der Waals surface area contributed by atoms with Gasteiger partial charge in [0.2, 0.25) is 0 Å². The van der Waals surface area contributed by atoms with Gasteiger partial charge < -0.3 is 14.2 Å². The van der Waals surface area contributed by atoms with E-state index in [0.717, 1.165) is 58.7 Å². The van der Waals surface area contributed by atoms with Crippen molar-refractivity contribution in [1.29, 1.82) is 0 Å². The predicted molar refractivity (Wildman–Crippen MR) is 249 cm³/mol. The molecule has 1 aliphatic heterocycles. The molecular formula is C57H38N2O. The third kappa shape index (κ3) is 5.61. The average Bonchev–Trinajstić information content (AvgIpc) is 3.70. The summed E-state index contributed by atoms with van der Waals surface area (Å²) in [6.45, 7) is 0. The predicted octanol–water partition coefficient (Wildman–Crippen LogP) is 15.2. The molecule has 0 amide bonds. The van der Waals surface area contributed by atoms with Gasteiger partial charge in [-0.05, 0) is 134 Å². The monoisotopic (exact) mass is 766 g/mol. The summed E-state index contributed by atoms with van der Waals surface area (Å²) in [7, 11) is 0. The Morgan fingerprint density at radius 3 is 2.13 bits per heavy atom. The molecule has 0 saturated heterocycles. The van der Waals surface area contributed by atoms with Gasteiger partial charge in [0.1, 0.15) is 5.58 Å². The molecule has 9 aromatic carbocycles. The minimum Gasteiger partial charge on any atom is -0.447 e. The molecule has 2 heterocycles. The van der Waals surface area contributed by atoms with Crippen LogP contribution in [0.15, 0.2) is 199 Å². The lowest BCUT2D eigenvalue weighted by atomic mass is 9.88. The number of furan rings is 1. The van der Waals surface area contributed by atoms with E-state index in [-0.39, 0.29) is 0 Å². The van der Waals surface area contributed by atoms with Gasteiger partial charge in [0.25, 0.3) is 0 Å². The van der Waals surface area contributed by atoms with Crippen molar-refractivity contribution in [1.82, 2.24) is 0 Å². The minimum absolute atomic E-state index is 0.805. The second-order valence-corrected chi connectivity index (χ2v) is 15.8. The van der Waals surface area contributed by atoms with Gasteiger partial charge in [0.05, 0.1) is 11.4 Å². The summed E-state index contributed by atoms with van der Waals surface area (Å²) in [6.07, 6.45) is 2.57. The zero-order valence-electron chi connectivity index (χ0n) is 32.9. The number of hydrogen-bond acceptors (Lipinski definition) is 3. The van der Waals surface area contributed by atoms with Crippen LogP contribution in [-0.2, 0) is 12.8 Å². The second-order valence-electron chi connectivity index (χ2n) is 15.8. The average molecular weight is 767 g/mol. The van der Waals surface area contributed by atoms with Crippen LogP contribution in [0, 0.1) is 11.8 Å². The Labute approximate surface area is 349 Å². The first kappa shape index (κ1) is 34.3. The maximum atomic E-state index is 6.35. The quantitative estimate of drug-likeness (QED) is 0.124. The lowest BCUT2D eigenvalue weighted by Gasteiger charge is -2.35. The molecule has 0 radical (unpaired) electrons. The van der Waals surface area contributed by atoms with Crippen molar-refractivity contribution in [3.8, 4) is 34.1 Å². The number of benzene rings is 9. The van der Waals surface area contributed by atoms with Crippen molar-refractivity contribution in [3.63, 3.8) is 0 Å². The molecule has 3 nitrogen and oxygen atoms in total. The Bertz CT molecular complexity index is 3370. The molecule has 12 rings (SSSR count). The first-order valence-corrected chi connectivity index (χ1v) is 20.8. The highest BCUT2D eigenvalue weighted by molar-refractivity contribution is 6.08. The van der Waals surface area contributed by atoms with E-state index in [1.54, 1.807) is 0 Å². The summed E-state index contributed by atoms with van der Waals surface area (Å²) in [5.74, 6) is 7.33. The van der Waals surface area contributed by atoms with Crippen molar-refractivity contribution in [2.75, 3.05) is 9.80 Å². The van der Waals surface area contributed by atoms with Crippen LogP contribution in [0.4, 0.5) is 34.1 Å². The molecule has 0 atom stereocenters. The summed E-state index contributed by atoms with van der Waals surface area (Å²) in [6, 6.07) is 70.6. The van der Waals surface area contributed by atoms with Gasteiger partial charge in [-0.25, -0.2) is 0 Å². The summed E-state index contributed by atoms with van der Waals surface area (Å²) in [5.41, 5.74) is 16.4. The SMILES string of the molecule is C1#Cc2oc3cccc(N4c5ccccc5Cc5c(-c6cccc(N(c7ccccc7)c7ccc(-c8ccc9c(ccc%10ccccc%109)c8)cc7)c6)cccc54)c3c2CC1. The maximum absolute atomic E-state index is 6.35. The van der Waals surface area contributed by atoms with Crippen LogP contribution in [0.25, 0.3) is 54.8 Å². The molecule has 3 heteroatoms. The number of para-hydroxylation sites is 2. The third-order valence-electron chi connectivity index (χ3n) is 12.4. The number of nitrogens with zero attached hydrogens (tertiary/aromatic N) is 2. The first-order valence-electron chi connectivity index (χ1n) is 20.8. The molecule has 0 bridgehead atoms. The number of aryl methyl sites for hydroxylation is 1. The van der Waals surface area contributed by atoms with Crippen LogP contribution in [0.1, 0.15) is 28.9 Å². The smallest absolute Gasteiger partial charge is 0.181 e. The van der Waals surface area contributed by atoms with E-state index in [1.165, 1.54) is 71.9 Å². The fraction of sp³-hybridized carbons (Fsp3) is 0.0526. The Kier molecular flexibility index (Phi) is 7.96. The van der Waals surface area contributed by atoms with Crippen molar-refractivity contribution < 1.29 is 4.42 Å². The topological polar surface area (TPSA) is 19.6 Å². The van der Waals surface area contributed by atoms with E-state index in [4.69, 9.17) is 4.42 Å². The molecular weight excluding hydrogens is 729 g/mol. The summed E-state index contributed by atoms with van der Waals surface area (Å²) < 4.78 is 6.35. The maximum Gasteiger partial charge on any atom is 0.181 e. The molecule has 0 unspecified atom stereocenters. The van der Waals surface area contributed by atoms with Crippen LogP contribution in [0.2, 0.25) is 0 Å². The van der Waals surface area contributed by atoms with Crippen molar-refractivity contribution >= 4 is 66.6 Å². The van der Waals surface area contributed by atoms with Crippen molar-refractivity contribution in [2.45, 2.75) is 19.3 Å². The summed E-state index contributed by atoms with van der Waals surface area (Å²) in [4.78, 5) is 4.82. The van der Waals surface area contributed by atoms with E-state index in [1.807, 2.05) is 0 Å². The van der Waals surface area contributed by atoms with E-state index in [9.17, 15) is 0 Å². The van der Waals surface area contributed by atoms with Crippen LogP contribution in [-0.4, -0.2) is 0 Å². The molecule has 282 valence electrons. The highest BCUT2D eigenvalue weighted by Crippen LogP contribution is 2.50. The largest absolute Gasteiger partial charge is 0.447 e. The number of rotatable bonds is 6. The lowest BCUT2D eigenvalue weighted by molar-refractivity contribution is 0.593. The molecule has 1 aliphatic carbocycles. The van der Waals surface area contributed by atoms with Crippen molar-refractivity contribution in [3.05, 3.63) is 217 Å². The van der Waals surface area contributed by atoms with Gasteiger partial charge >= 0.3 is 0 Å². The Morgan fingerprint density at radius 1 is 0.483 bits per heavy atom. The Morgan fingerprint density at radius 2 is 1.20 bits per heavy atom. The van der Waals surface area contributed by atoms with E-state index >= 15 is 0 Å². The Balaban J connectivity index is 0.949. The van der Waals surface area contributed by atoms with E-state index in [2.05, 4.69) is 216 Å². The standard InChI is InChI=1S/C57H38N2O/c1-2-16-44(17-3-1)58(45-32-29-38(30-33-45)40-31-34-49-42(35-40)28-27-39-13-4-6-19-47(39)49)46-18-10-15-41(36-46)48-21-11-23-53-51(48)37-43-14-5-8-22-52(43)59(53)54-24-12-26-56-57(54)50-20-7-9-25-55(50)60-56/h1-6,8,10-19,21-24,26-36H,7,20,37H2. The fourth-order valence-electron chi connectivity index (χ4n) is 9.58. The van der Waals surface area contributed by atoms with Gasteiger partial charge in [-0.15, -0.1) is 0 Å². The molecule has 0 saturated carbocycles. The van der Waals surface area contributed by atoms with Gasteiger partial charge in [0, 0.05) is 46.5 Å². The highest BCUT2D eigenvalue weighted by atomic mass is 16.3. The third-order valence-corrected chi connectivity index (χ3v) is 12.4. The summed E-state index contributed by atoms with van der Waals surface area (Å²) >= 11 is 0. The Hall–Kier alpha value is -7.80. The van der Waals surface area contributed by atoms with E-state index < -0.39 is 0 Å². The zero-order chi connectivity index (χ0) is 39.6. The molecule has 0 fully saturated rings. The number of fused-ring (bicyclic) bond motifs is 8.